The molecule has 0 radical (unpaired) electrons. The van der Waals surface area contributed by atoms with Crippen molar-refractivity contribution in [2.24, 2.45) is 0 Å². The second-order valence-electron chi connectivity index (χ2n) is 2.89. The maximum absolute atomic E-state index is 5.84. The van der Waals surface area contributed by atoms with E-state index >= 15 is 0 Å². The van der Waals surface area contributed by atoms with E-state index in [1.807, 2.05) is 0 Å². The van der Waals surface area contributed by atoms with Crippen molar-refractivity contribution in [3.8, 4) is 0 Å². The summed E-state index contributed by atoms with van der Waals surface area (Å²) in [6.45, 7) is 3.64. The second kappa shape index (κ2) is 2.55. The molecule has 0 aromatic carbocycles. The molecule has 5 heteroatoms. The van der Waals surface area contributed by atoms with Crippen LogP contribution in [0.5, 0.6) is 0 Å². The van der Waals surface area contributed by atoms with E-state index in [1.165, 1.54) is 0 Å². The molecule has 1 saturated heterocycles. The zero-order valence-corrected chi connectivity index (χ0v) is 9.15. The number of halogens is 4. The van der Waals surface area contributed by atoms with Crippen LogP contribution in [-0.4, -0.2) is 20.9 Å². The average molecular weight is 238 g/mol. The highest BCUT2D eigenvalue weighted by Crippen LogP contribution is 2.56. The first-order valence-corrected chi connectivity index (χ1v) is 4.61. The quantitative estimate of drug-likeness (QED) is 0.531. The van der Waals surface area contributed by atoms with Crippen molar-refractivity contribution >= 4 is 46.4 Å². The molecule has 1 aliphatic heterocycles. The number of epoxide rings is 1. The number of hydrogen-bond donors (Lipinski definition) is 0. The van der Waals surface area contributed by atoms with Crippen molar-refractivity contribution in [1.29, 1.82) is 0 Å². The van der Waals surface area contributed by atoms with Crippen molar-refractivity contribution in [3.63, 3.8) is 0 Å². The van der Waals surface area contributed by atoms with Crippen LogP contribution in [0.25, 0.3) is 0 Å². The minimum atomic E-state index is -1.05. The Bertz CT molecular complexity index is 146. The summed E-state index contributed by atoms with van der Waals surface area (Å²) in [4.78, 5) is 0. The lowest BCUT2D eigenvalue weighted by molar-refractivity contribution is 0.267. The molecule has 1 heterocycles. The van der Waals surface area contributed by atoms with Crippen molar-refractivity contribution in [2.75, 3.05) is 6.61 Å². The first kappa shape index (κ1) is 10.2. The predicted molar refractivity (Wildman–Crippen MR) is 48.9 cm³/mol. The van der Waals surface area contributed by atoms with Gasteiger partial charge in [-0.05, 0) is 13.8 Å². The van der Waals surface area contributed by atoms with Gasteiger partial charge in [-0.25, -0.2) is 0 Å². The molecule has 1 fully saturated rings. The van der Waals surface area contributed by atoms with Gasteiger partial charge in [0.2, 0.25) is 0 Å². The van der Waals surface area contributed by atoms with Crippen molar-refractivity contribution in [2.45, 2.75) is 28.1 Å². The highest BCUT2D eigenvalue weighted by molar-refractivity contribution is 6.54. The zero-order chi connectivity index (χ0) is 8.91. The lowest BCUT2D eigenvalue weighted by atomic mass is 10.0. The SMILES string of the molecule is CC(Cl)(Cl)C1(C(C)(Cl)Cl)CO1. The van der Waals surface area contributed by atoms with Crippen LogP contribution in [0, 0.1) is 0 Å². The number of ether oxygens (including phenoxy) is 1. The molecule has 0 spiro atoms. The summed E-state index contributed by atoms with van der Waals surface area (Å²) in [5, 5.41) is 0. The summed E-state index contributed by atoms with van der Waals surface area (Å²) in [5.74, 6) is 0. The monoisotopic (exact) mass is 236 g/mol. The molecular weight excluding hydrogens is 230 g/mol. The van der Waals surface area contributed by atoms with Crippen LogP contribution in [0.4, 0.5) is 0 Å². The van der Waals surface area contributed by atoms with Gasteiger partial charge in [0.15, 0.2) is 5.60 Å². The number of hydrogen-bond acceptors (Lipinski definition) is 1. The van der Waals surface area contributed by atoms with Gasteiger partial charge in [0.1, 0.15) is 8.67 Å². The van der Waals surface area contributed by atoms with Crippen molar-refractivity contribution in [1.82, 2.24) is 0 Å². The van der Waals surface area contributed by atoms with E-state index in [9.17, 15) is 0 Å². The van der Waals surface area contributed by atoms with Gasteiger partial charge in [0.25, 0.3) is 0 Å². The van der Waals surface area contributed by atoms with Gasteiger partial charge in [-0.2, -0.15) is 0 Å². The third-order valence-electron chi connectivity index (χ3n) is 1.85. The minimum Gasteiger partial charge on any atom is -0.363 e. The van der Waals surface area contributed by atoms with E-state index < -0.39 is 14.3 Å². The Kier molecular flexibility index (Phi) is 2.37. The van der Waals surface area contributed by atoms with Crippen LogP contribution in [0.1, 0.15) is 13.8 Å². The molecule has 0 aliphatic carbocycles. The topological polar surface area (TPSA) is 12.5 Å². The van der Waals surface area contributed by atoms with E-state index in [-0.39, 0.29) is 0 Å². The van der Waals surface area contributed by atoms with Gasteiger partial charge in [0, 0.05) is 0 Å². The van der Waals surface area contributed by atoms with Gasteiger partial charge in [0.05, 0.1) is 6.61 Å². The van der Waals surface area contributed by atoms with Crippen LogP contribution >= 0.6 is 46.4 Å². The molecule has 1 nitrogen and oxygen atoms in total. The van der Waals surface area contributed by atoms with Gasteiger partial charge >= 0.3 is 0 Å². The molecule has 1 rings (SSSR count). The summed E-state index contributed by atoms with van der Waals surface area (Å²) >= 11 is 23.4. The Labute approximate surface area is 85.9 Å². The maximum atomic E-state index is 5.84. The molecule has 1 aliphatic rings. The molecule has 0 saturated carbocycles. The Morgan fingerprint density at radius 2 is 1.36 bits per heavy atom. The Morgan fingerprint density at radius 1 is 1.09 bits per heavy atom. The van der Waals surface area contributed by atoms with Crippen molar-refractivity contribution in [3.05, 3.63) is 0 Å². The highest BCUT2D eigenvalue weighted by Gasteiger charge is 2.67. The van der Waals surface area contributed by atoms with Crippen LogP contribution in [0.15, 0.2) is 0 Å². The molecule has 0 aromatic rings. The van der Waals surface area contributed by atoms with Crippen LogP contribution < -0.4 is 0 Å². The summed E-state index contributed by atoms with van der Waals surface area (Å²) in [5.41, 5.74) is -0.813. The Balaban J connectivity index is 2.85. The average Bonchev–Trinajstić information content (AvgIpc) is 2.31. The molecule has 0 atom stereocenters. The van der Waals surface area contributed by atoms with E-state index in [0.29, 0.717) is 6.61 Å². The highest BCUT2D eigenvalue weighted by atomic mass is 35.5. The summed E-state index contributed by atoms with van der Waals surface area (Å²) < 4.78 is 3.00. The summed E-state index contributed by atoms with van der Waals surface area (Å²) in [6, 6.07) is 0. The molecule has 0 bridgehead atoms. The minimum absolute atomic E-state index is 0.403. The van der Waals surface area contributed by atoms with E-state index in [2.05, 4.69) is 0 Å². The van der Waals surface area contributed by atoms with Gasteiger partial charge in [-0.1, -0.05) is 46.4 Å². The molecule has 0 amide bonds. The normalized spacial score (nSPS) is 23.5. The Morgan fingerprint density at radius 3 is 1.36 bits per heavy atom. The fourth-order valence-electron chi connectivity index (χ4n) is 0.964. The lowest BCUT2D eigenvalue weighted by Crippen LogP contribution is -2.45. The van der Waals surface area contributed by atoms with Gasteiger partial charge in [-0.3, -0.25) is 0 Å². The van der Waals surface area contributed by atoms with Crippen LogP contribution in [0.3, 0.4) is 0 Å². The van der Waals surface area contributed by atoms with E-state index in [1.54, 1.807) is 13.8 Å². The largest absolute Gasteiger partial charge is 0.363 e. The molecule has 0 aromatic heterocycles. The lowest BCUT2D eigenvalue weighted by Gasteiger charge is -2.30. The fraction of sp³-hybridized carbons (Fsp3) is 1.00. The van der Waals surface area contributed by atoms with Crippen molar-refractivity contribution < 1.29 is 4.74 Å². The van der Waals surface area contributed by atoms with Gasteiger partial charge < -0.3 is 4.74 Å². The Hall–Kier alpha value is 1.12. The first-order chi connectivity index (χ1) is 4.71. The van der Waals surface area contributed by atoms with Crippen LogP contribution in [-0.2, 0) is 4.74 Å². The first-order valence-electron chi connectivity index (χ1n) is 3.10. The van der Waals surface area contributed by atoms with E-state index in [4.69, 9.17) is 51.1 Å². The molecule has 66 valence electrons. The standard InChI is InChI=1S/C6H8Cl4O/c1-4(7,8)6(3-11-6)5(2,9)10/h3H2,1-2H3. The smallest absolute Gasteiger partial charge is 0.156 e. The predicted octanol–water partition coefficient (Wildman–Crippen LogP) is 3.14. The summed E-state index contributed by atoms with van der Waals surface area (Å²) in [7, 11) is 0. The molecular formula is C6H8Cl4O. The van der Waals surface area contributed by atoms with E-state index in [0.717, 1.165) is 0 Å². The fourth-order valence-corrected chi connectivity index (χ4v) is 2.35. The molecule has 0 N–H and O–H groups in total. The number of alkyl halides is 4. The molecule has 0 unspecified atom stereocenters. The zero-order valence-electron chi connectivity index (χ0n) is 6.13. The number of rotatable bonds is 2. The summed E-state index contributed by atoms with van der Waals surface area (Å²) in [6.07, 6.45) is 0. The maximum Gasteiger partial charge on any atom is 0.156 e. The third kappa shape index (κ3) is 1.59. The van der Waals surface area contributed by atoms with Gasteiger partial charge in [-0.15, -0.1) is 0 Å². The third-order valence-corrected chi connectivity index (χ3v) is 3.07. The molecule has 11 heavy (non-hydrogen) atoms. The second-order valence-corrected chi connectivity index (χ2v) is 6.30. The van der Waals surface area contributed by atoms with Crippen LogP contribution in [0.2, 0.25) is 0 Å².